The molecule has 1 heterocycles. The Balaban J connectivity index is 1.73. The van der Waals surface area contributed by atoms with Crippen LogP contribution < -0.4 is 5.32 Å². The number of hydrogen-bond acceptors (Lipinski definition) is 6. The number of hydrogen-bond donors (Lipinski definition) is 1. The number of aromatic nitrogens is 1. The second-order valence-electron chi connectivity index (χ2n) is 5.12. The van der Waals surface area contributed by atoms with Crippen molar-refractivity contribution in [1.29, 1.82) is 0 Å². The molecule has 1 amide bonds. The summed E-state index contributed by atoms with van der Waals surface area (Å²) in [6.45, 7) is 1.73. The molecule has 3 rings (SSSR count). The van der Waals surface area contributed by atoms with Crippen molar-refractivity contribution in [3.8, 4) is 0 Å². The number of benzene rings is 2. The zero-order chi connectivity index (χ0) is 18.0. The van der Waals surface area contributed by atoms with Crippen LogP contribution in [0.1, 0.15) is 6.92 Å². The van der Waals surface area contributed by atoms with Crippen molar-refractivity contribution < 1.29 is 9.72 Å². The molecule has 1 aromatic heterocycles. The molecule has 0 aliphatic heterocycles. The zero-order valence-corrected chi connectivity index (χ0v) is 15.3. The highest BCUT2D eigenvalue weighted by Crippen LogP contribution is 2.34. The second-order valence-corrected chi connectivity index (χ2v) is 8.17. The largest absolute Gasteiger partial charge is 0.319 e. The van der Waals surface area contributed by atoms with Gasteiger partial charge in [-0.25, -0.2) is 4.98 Å². The molecule has 2 aromatic carbocycles. The van der Waals surface area contributed by atoms with Crippen LogP contribution in [0.4, 0.5) is 11.4 Å². The van der Waals surface area contributed by atoms with Crippen LogP contribution in [-0.2, 0) is 4.79 Å². The highest BCUT2D eigenvalue weighted by atomic mass is 35.5. The van der Waals surface area contributed by atoms with Gasteiger partial charge in [-0.05, 0) is 31.2 Å². The lowest BCUT2D eigenvalue weighted by molar-refractivity contribution is -0.383. The monoisotopic (exact) mass is 393 g/mol. The Labute approximate surface area is 156 Å². The van der Waals surface area contributed by atoms with E-state index in [9.17, 15) is 14.9 Å². The van der Waals surface area contributed by atoms with Crippen LogP contribution in [0.3, 0.4) is 0 Å². The minimum Gasteiger partial charge on any atom is -0.319 e. The summed E-state index contributed by atoms with van der Waals surface area (Å²) in [5.41, 5.74) is 0.829. The van der Waals surface area contributed by atoms with Gasteiger partial charge in [-0.3, -0.25) is 14.9 Å². The Hall–Kier alpha value is -2.16. The third-order valence-electron chi connectivity index (χ3n) is 3.34. The predicted molar refractivity (Wildman–Crippen MR) is 102 cm³/mol. The minimum absolute atomic E-state index is 0.136. The smallest absolute Gasteiger partial charge is 0.292 e. The van der Waals surface area contributed by atoms with E-state index >= 15 is 0 Å². The summed E-state index contributed by atoms with van der Waals surface area (Å²) in [7, 11) is 0. The summed E-state index contributed by atoms with van der Waals surface area (Å²) >= 11 is 8.72. The van der Waals surface area contributed by atoms with Gasteiger partial charge in [0.1, 0.15) is 5.69 Å². The number of carbonyl (C=O) groups is 1. The summed E-state index contributed by atoms with van der Waals surface area (Å²) in [5.74, 6) is -0.323. The number of anilines is 1. The number of nitro benzene ring substituents is 1. The van der Waals surface area contributed by atoms with E-state index in [1.807, 2.05) is 6.07 Å². The van der Waals surface area contributed by atoms with Crippen molar-refractivity contribution in [1.82, 2.24) is 4.98 Å². The van der Waals surface area contributed by atoms with Crippen molar-refractivity contribution in [2.24, 2.45) is 0 Å². The number of fused-ring (bicyclic) bond motifs is 1. The Kier molecular flexibility index (Phi) is 5.22. The highest BCUT2D eigenvalue weighted by molar-refractivity contribution is 8.02. The molecule has 0 fully saturated rings. The first-order chi connectivity index (χ1) is 11.9. The van der Waals surface area contributed by atoms with Crippen molar-refractivity contribution in [3.63, 3.8) is 0 Å². The van der Waals surface area contributed by atoms with Crippen LogP contribution in [0.2, 0.25) is 5.02 Å². The molecule has 0 saturated carbocycles. The summed E-state index contributed by atoms with van der Waals surface area (Å²) in [6, 6.07) is 11.5. The van der Waals surface area contributed by atoms with E-state index in [1.165, 1.54) is 35.2 Å². The van der Waals surface area contributed by atoms with Gasteiger partial charge in [0.2, 0.25) is 5.91 Å². The highest BCUT2D eigenvalue weighted by Gasteiger charge is 2.20. The maximum Gasteiger partial charge on any atom is 0.292 e. The summed E-state index contributed by atoms with van der Waals surface area (Å²) < 4.78 is 1.72. The summed E-state index contributed by atoms with van der Waals surface area (Å²) in [6.07, 6.45) is 0. The van der Waals surface area contributed by atoms with Gasteiger partial charge < -0.3 is 5.32 Å². The van der Waals surface area contributed by atoms with Crippen LogP contribution in [0, 0.1) is 10.1 Å². The van der Waals surface area contributed by atoms with Gasteiger partial charge in [-0.2, -0.15) is 0 Å². The molecular weight excluding hydrogens is 382 g/mol. The number of nitrogens with zero attached hydrogens (tertiary/aromatic N) is 2. The van der Waals surface area contributed by atoms with E-state index < -0.39 is 10.2 Å². The van der Waals surface area contributed by atoms with Crippen molar-refractivity contribution in [2.45, 2.75) is 16.5 Å². The Morgan fingerprint density at radius 3 is 2.88 bits per heavy atom. The molecule has 3 aromatic rings. The quantitative estimate of drug-likeness (QED) is 0.375. The van der Waals surface area contributed by atoms with Crippen LogP contribution in [0.5, 0.6) is 0 Å². The topological polar surface area (TPSA) is 85.1 Å². The molecule has 128 valence electrons. The molecule has 0 bridgehead atoms. The van der Waals surface area contributed by atoms with Crippen molar-refractivity contribution >= 4 is 62.2 Å². The fourth-order valence-corrected chi connectivity index (χ4v) is 4.47. The molecule has 0 spiro atoms. The maximum absolute atomic E-state index is 12.4. The molecule has 0 aliphatic carbocycles. The number of thioether (sulfide) groups is 1. The van der Waals surface area contributed by atoms with Gasteiger partial charge in [-0.15, -0.1) is 11.3 Å². The van der Waals surface area contributed by atoms with Crippen LogP contribution in [0.25, 0.3) is 10.2 Å². The molecular formula is C16H12ClN3O3S2. The molecule has 6 nitrogen and oxygen atoms in total. The van der Waals surface area contributed by atoms with E-state index in [2.05, 4.69) is 10.3 Å². The number of para-hydroxylation sites is 2. The van der Waals surface area contributed by atoms with E-state index in [1.54, 1.807) is 31.2 Å². The first-order valence-corrected chi connectivity index (χ1v) is 9.28. The number of nitro groups is 1. The lowest BCUT2D eigenvalue weighted by Crippen LogP contribution is -2.22. The first-order valence-electron chi connectivity index (χ1n) is 7.21. The molecule has 9 heteroatoms. The average molecular weight is 394 g/mol. The number of carbonyl (C=O) groups excluding carboxylic acids is 1. The Bertz CT molecular complexity index is 961. The molecule has 0 unspecified atom stereocenters. The van der Waals surface area contributed by atoms with Crippen molar-refractivity contribution in [2.75, 3.05) is 5.32 Å². The standard InChI is InChI=1S/C16H12ClN3O3S2/c1-9(15(21)18-11-4-2-3-5-13(11)20(22)23)24-16-19-12-8-10(17)6-7-14(12)25-16/h2-9H,1H3,(H,18,21)/t9-/m1/s1. The van der Waals surface area contributed by atoms with Crippen molar-refractivity contribution in [3.05, 3.63) is 57.6 Å². The molecule has 0 aliphatic rings. The maximum atomic E-state index is 12.4. The van der Waals surface area contributed by atoms with Crippen LogP contribution in [-0.4, -0.2) is 21.1 Å². The minimum atomic E-state index is -0.523. The zero-order valence-electron chi connectivity index (χ0n) is 12.9. The first kappa shape index (κ1) is 17.7. The second kappa shape index (κ2) is 7.38. The molecule has 1 atom stereocenters. The fraction of sp³-hybridized carbons (Fsp3) is 0.125. The lowest BCUT2D eigenvalue weighted by atomic mass is 10.2. The summed E-state index contributed by atoms with van der Waals surface area (Å²) in [5, 5.41) is 13.8. The van der Waals surface area contributed by atoms with E-state index in [0.717, 1.165) is 14.6 Å². The van der Waals surface area contributed by atoms with Gasteiger partial charge in [0.25, 0.3) is 5.69 Å². The predicted octanol–water partition coefficient (Wildman–Crippen LogP) is 4.98. The van der Waals surface area contributed by atoms with Crippen LogP contribution >= 0.6 is 34.7 Å². The normalized spacial score (nSPS) is 12.1. The molecule has 0 saturated heterocycles. The molecule has 25 heavy (non-hydrogen) atoms. The fourth-order valence-electron chi connectivity index (χ4n) is 2.11. The number of nitrogens with one attached hydrogen (secondary N) is 1. The van der Waals surface area contributed by atoms with Gasteiger partial charge in [0, 0.05) is 11.1 Å². The van der Waals surface area contributed by atoms with Gasteiger partial charge in [0.15, 0.2) is 4.34 Å². The number of amides is 1. The number of halogens is 1. The third kappa shape index (κ3) is 4.09. The third-order valence-corrected chi connectivity index (χ3v) is 5.80. The van der Waals surface area contributed by atoms with Gasteiger partial charge in [0.05, 0.1) is 20.4 Å². The average Bonchev–Trinajstić information content (AvgIpc) is 2.96. The van der Waals surface area contributed by atoms with Gasteiger partial charge in [-0.1, -0.05) is 35.5 Å². The SMILES string of the molecule is C[C@@H](Sc1nc2cc(Cl)ccc2s1)C(=O)Nc1ccccc1[N+](=O)[O-]. The number of thiazole rings is 1. The molecule has 1 N–H and O–H groups in total. The van der Waals surface area contributed by atoms with E-state index in [-0.39, 0.29) is 17.3 Å². The Morgan fingerprint density at radius 1 is 1.36 bits per heavy atom. The summed E-state index contributed by atoms with van der Waals surface area (Å²) in [4.78, 5) is 27.3. The van der Waals surface area contributed by atoms with E-state index in [4.69, 9.17) is 11.6 Å². The number of rotatable bonds is 5. The van der Waals surface area contributed by atoms with Gasteiger partial charge >= 0.3 is 0 Å². The van der Waals surface area contributed by atoms with E-state index in [0.29, 0.717) is 5.02 Å². The van der Waals surface area contributed by atoms with Crippen LogP contribution in [0.15, 0.2) is 46.8 Å². The molecule has 0 radical (unpaired) electrons. The lowest BCUT2D eigenvalue weighted by Gasteiger charge is -2.10. The Morgan fingerprint density at radius 2 is 2.12 bits per heavy atom.